The van der Waals surface area contributed by atoms with Gasteiger partial charge in [0.1, 0.15) is 17.2 Å². The summed E-state index contributed by atoms with van der Waals surface area (Å²) in [4.78, 5) is 30.8. The molecule has 3 rings (SSSR count). The minimum absolute atomic E-state index is 0.155. The number of imidazole rings is 1. The van der Waals surface area contributed by atoms with Crippen LogP contribution in [0.5, 0.6) is 0 Å². The summed E-state index contributed by atoms with van der Waals surface area (Å²) in [6, 6.07) is 1.87. The molecule has 0 aliphatic rings. The molecule has 8 heteroatoms. The highest BCUT2D eigenvalue weighted by Crippen LogP contribution is 2.25. The van der Waals surface area contributed by atoms with E-state index in [4.69, 9.17) is 4.42 Å². The Kier molecular flexibility index (Phi) is 4.45. The Hall–Kier alpha value is -2.87. The Bertz CT molecular complexity index is 1040. The van der Waals surface area contributed by atoms with Crippen molar-refractivity contribution < 1.29 is 14.3 Å². The van der Waals surface area contributed by atoms with E-state index < -0.39 is 6.10 Å². The minimum atomic E-state index is -0.646. The van der Waals surface area contributed by atoms with Gasteiger partial charge in [0.05, 0.1) is 11.8 Å². The van der Waals surface area contributed by atoms with Crippen molar-refractivity contribution in [3.63, 3.8) is 0 Å². The molecule has 26 heavy (non-hydrogen) atoms. The van der Waals surface area contributed by atoms with Crippen molar-refractivity contribution in [2.45, 2.75) is 26.9 Å². The molecule has 0 aromatic carbocycles. The monoisotopic (exact) mass is 358 g/mol. The molecule has 0 saturated heterocycles. The van der Waals surface area contributed by atoms with E-state index in [1.54, 1.807) is 31.6 Å². The van der Waals surface area contributed by atoms with E-state index in [9.17, 15) is 14.7 Å². The molecule has 3 aromatic heterocycles. The number of carbonyl (C=O) groups is 1. The first-order valence-electron chi connectivity index (χ1n) is 8.28. The van der Waals surface area contributed by atoms with Gasteiger partial charge in [0.15, 0.2) is 0 Å². The molecule has 8 nitrogen and oxygen atoms in total. The van der Waals surface area contributed by atoms with E-state index in [0.29, 0.717) is 11.5 Å². The van der Waals surface area contributed by atoms with Crippen LogP contribution in [0.2, 0.25) is 0 Å². The molecule has 138 valence electrons. The molecule has 0 saturated carbocycles. The molecule has 0 spiro atoms. The average Bonchev–Trinajstić information content (AvgIpc) is 3.12. The van der Waals surface area contributed by atoms with Gasteiger partial charge >= 0.3 is 0 Å². The molecule has 1 atom stereocenters. The van der Waals surface area contributed by atoms with Gasteiger partial charge in [-0.25, -0.2) is 4.98 Å². The van der Waals surface area contributed by atoms with Gasteiger partial charge in [-0.2, -0.15) is 0 Å². The van der Waals surface area contributed by atoms with Crippen LogP contribution in [-0.4, -0.2) is 49.6 Å². The lowest BCUT2D eigenvalue weighted by Gasteiger charge is -2.17. The highest BCUT2D eigenvalue weighted by Gasteiger charge is 2.20. The number of rotatable bonds is 4. The van der Waals surface area contributed by atoms with Crippen LogP contribution >= 0.6 is 0 Å². The fourth-order valence-corrected chi connectivity index (χ4v) is 3.04. The standard InChI is InChI=1S/C18H22N4O4/c1-10(23)7-20(4)17(24)14-8-22-9-15(13-6-11(2)26-12(13)3)21(5)18(25)16(22)19-14/h6,8-10,23H,7H2,1-5H3/t10-/m0/s1. The molecule has 3 aromatic rings. The predicted molar refractivity (Wildman–Crippen MR) is 96.3 cm³/mol. The van der Waals surface area contributed by atoms with Gasteiger partial charge in [0.25, 0.3) is 11.5 Å². The van der Waals surface area contributed by atoms with Gasteiger partial charge in [-0.05, 0) is 26.8 Å². The summed E-state index contributed by atoms with van der Waals surface area (Å²) in [5.41, 5.74) is 1.51. The Balaban J connectivity index is 2.11. The van der Waals surface area contributed by atoms with Crippen molar-refractivity contribution in [2.24, 2.45) is 7.05 Å². The highest BCUT2D eigenvalue weighted by atomic mass is 16.3. The van der Waals surface area contributed by atoms with Gasteiger partial charge < -0.3 is 19.0 Å². The second-order valence-electron chi connectivity index (χ2n) is 6.60. The first kappa shape index (κ1) is 17.9. The zero-order chi connectivity index (χ0) is 19.2. The van der Waals surface area contributed by atoms with Gasteiger partial charge in [0, 0.05) is 38.6 Å². The van der Waals surface area contributed by atoms with Crippen LogP contribution in [0, 0.1) is 13.8 Å². The Morgan fingerprint density at radius 2 is 2.08 bits per heavy atom. The first-order chi connectivity index (χ1) is 12.2. The average molecular weight is 358 g/mol. The van der Waals surface area contributed by atoms with Crippen molar-refractivity contribution in [3.8, 4) is 11.3 Å². The van der Waals surface area contributed by atoms with Crippen LogP contribution in [0.25, 0.3) is 16.9 Å². The maximum atomic E-state index is 12.7. The number of aromatic nitrogens is 3. The lowest BCUT2D eigenvalue weighted by molar-refractivity contribution is 0.0699. The first-order valence-corrected chi connectivity index (χ1v) is 8.28. The van der Waals surface area contributed by atoms with Gasteiger partial charge in [0.2, 0.25) is 5.65 Å². The van der Waals surface area contributed by atoms with Crippen molar-refractivity contribution in [3.05, 3.63) is 46.0 Å². The largest absolute Gasteiger partial charge is 0.466 e. The third-order valence-corrected chi connectivity index (χ3v) is 4.27. The smallest absolute Gasteiger partial charge is 0.294 e. The van der Waals surface area contributed by atoms with Crippen LogP contribution in [-0.2, 0) is 7.05 Å². The molecule has 0 aliphatic carbocycles. The van der Waals surface area contributed by atoms with Gasteiger partial charge in [-0.15, -0.1) is 0 Å². The van der Waals surface area contributed by atoms with Crippen molar-refractivity contribution in [1.29, 1.82) is 0 Å². The molecule has 3 heterocycles. The number of aryl methyl sites for hydroxylation is 2. The van der Waals surface area contributed by atoms with Crippen molar-refractivity contribution in [1.82, 2.24) is 18.9 Å². The zero-order valence-corrected chi connectivity index (χ0v) is 15.5. The third kappa shape index (κ3) is 3.03. The molecule has 0 bridgehead atoms. The second kappa shape index (κ2) is 6.45. The Morgan fingerprint density at radius 1 is 1.38 bits per heavy atom. The quantitative estimate of drug-likeness (QED) is 0.760. The molecule has 0 aliphatic heterocycles. The SMILES string of the molecule is Cc1cc(-c2cn3cc(C(=O)N(C)C[C@H](C)O)nc3c(=O)n2C)c(C)o1. The number of nitrogens with zero attached hydrogens (tertiary/aromatic N) is 4. The highest BCUT2D eigenvalue weighted by molar-refractivity contribution is 5.92. The van der Waals surface area contributed by atoms with Crippen LogP contribution in [0.15, 0.2) is 27.7 Å². The lowest BCUT2D eigenvalue weighted by atomic mass is 10.2. The number of hydrogen-bond donors (Lipinski definition) is 1. The van der Waals surface area contributed by atoms with E-state index in [1.165, 1.54) is 15.7 Å². The summed E-state index contributed by atoms with van der Waals surface area (Å²) in [5.74, 6) is 1.12. The zero-order valence-electron chi connectivity index (χ0n) is 15.5. The summed E-state index contributed by atoms with van der Waals surface area (Å²) >= 11 is 0. The summed E-state index contributed by atoms with van der Waals surface area (Å²) in [6.45, 7) is 5.47. The number of carbonyl (C=O) groups excluding carboxylic acids is 1. The number of furan rings is 1. The fraction of sp³-hybridized carbons (Fsp3) is 0.389. The van der Waals surface area contributed by atoms with Crippen LogP contribution < -0.4 is 5.56 Å². The summed E-state index contributed by atoms with van der Waals surface area (Å²) in [6.07, 6.45) is 2.64. The Labute approximate surface area is 150 Å². The fourth-order valence-electron chi connectivity index (χ4n) is 3.04. The molecule has 0 fully saturated rings. The predicted octanol–water partition coefficient (Wildman–Crippen LogP) is 1.36. The topological polar surface area (TPSA) is 93.0 Å². The number of amides is 1. The molecular formula is C18H22N4O4. The lowest BCUT2D eigenvalue weighted by Crippen LogP contribution is -2.33. The summed E-state index contributed by atoms with van der Waals surface area (Å²) in [7, 11) is 3.25. The molecule has 0 radical (unpaired) electrons. The summed E-state index contributed by atoms with van der Waals surface area (Å²) < 4.78 is 8.61. The maximum Gasteiger partial charge on any atom is 0.294 e. The van der Waals surface area contributed by atoms with E-state index in [-0.39, 0.29) is 29.4 Å². The molecule has 0 unspecified atom stereocenters. The maximum absolute atomic E-state index is 12.7. The van der Waals surface area contributed by atoms with Crippen molar-refractivity contribution >= 4 is 11.6 Å². The number of fused-ring (bicyclic) bond motifs is 1. The molecule has 1 amide bonds. The van der Waals surface area contributed by atoms with Crippen molar-refractivity contribution in [2.75, 3.05) is 13.6 Å². The summed E-state index contributed by atoms with van der Waals surface area (Å²) in [5, 5.41) is 9.45. The Morgan fingerprint density at radius 3 is 2.65 bits per heavy atom. The van der Waals surface area contributed by atoms with Crippen LogP contribution in [0.4, 0.5) is 0 Å². The van der Waals surface area contributed by atoms with E-state index in [1.807, 2.05) is 19.9 Å². The van der Waals surface area contributed by atoms with E-state index in [2.05, 4.69) is 4.98 Å². The van der Waals surface area contributed by atoms with Crippen LogP contribution in [0.3, 0.4) is 0 Å². The number of aliphatic hydroxyl groups is 1. The molecular weight excluding hydrogens is 336 g/mol. The van der Waals surface area contributed by atoms with Crippen LogP contribution in [0.1, 0.15) is 28.9 Å². The number of hydrogen-bond acceptors (Lipinski definition) is 5. The number of likely N-dealkylation sites (N-methyl/N-ethyl adjacent to an activating group) is 1. The number of aliphatic hydroxyl groups excluding tert-OH is 1. The normalized spacial score (nSPS) is 12.5. The van der Waals surface area contributed by atoms with Gasteiger partial charge in [-0.1, -0.05) is 0 Å². The third-order valence-electron chi connectivity index (χ3n) is 4.27. The second-order valence-corrected chi connectivity index (χ2v) is 6.60. The molecule has 1 N–H and O–H groups in total. The minimum Gasteiger partial charge on any atom is -0.466 e. The van der Waals surface area contributed by atoms with E-state index >= 15 is 0 Å². The van der Waals surface area contributed by atoms with Gasteiger partial charge in [-0.3, -0.25) is 14.0 Å². The van der Waals surface area contributed by atoms with E-state index in [0.717, 1.165) is 11.3 Å².